The van der Waals surface area contributed by atoms with Gasteiger partial charge in [0.15, 0.2) is 0 Å². The molecule has 0 saturated heterocycles. The number of hydrogen-bond donors (Lipinski definition) is 2. The summed E-state index contributed by atoms with van der Waals surface area (Å²) < 4.78 is 11.0. The molecule has 0 atom stereocenters. The van der Waals surface area contributed by atoms with Crippen LogP contribution in [0.3, 0.4) is 0 Å². The molecule has 3 aromatic rings. The van der Waals surface area contributed by atoms with Gasteiger partial charge in [-0.25, -0.2) is 0 Å². The zero-order chi connectivity index (χ0) is 19.8. The molecule has 142 valence electrons. The highest BCUT2D eigenvalue weighted by atomic mass is 16.5. The van der Waals surface area contributed by atoms with Crippen molar-refractivity contribution in [3.63, 3.8) is 0 Å². The Hall–Kier alpha value is -3.80. The lowest BCUT2D eigenvalue weighted by Crippen LogP contribution is -2.41. The van der Waals surface area contributed by atoms with Gasteiger partial charge in [-0.3, -0.25) is 20.4 Å². The third-order valence-corrected chi connectivity index (χ3v) is 3.81. The summed E-state index contributed by atoms with van der Waals surface area (Å²) in [5.41, 5.74) is 5.60. The van der Waals surface area contributed by atoms with Crippen LogP contribution in [0.2, 0.25) is 0 Å². The number of ether oxygens (including phenoxy) is 2. The first-order chi connectivity index (χ1) is 13.7. The van der Waals surface area contributed by atoms with E-state index in [9.17, 15) is 9.59 Å². The Morgan fingerprint density at radius 1 is 0.679 bits per heavy atom. The number of hydrazine groups is 1. The van der Waals surface area contributed by atoms with Crippen molar-refractivity contribution in [2.75, 3.05) is 6.61 Å². The average molecular weight is 376 g/mol. The summed E-state index contributed by atoms with van der Waals surface area (Å²) in [6.07, 6.45) is 0. The minimum absolute atomic E-state index is 0.396. The molecule has 0 bridgehead atoms. The molecule has 0 heterocycles. The summed E-state index contributed by atoms with van der Waals surface area (Å²) >= 11 is 0. The second-order valence-corrected chi connectivity index (χ2v) is 5.81. The van der Waals surface area contributed by atoms with E-state index < -0.39 is 11.8 Å². The van der Waals surface area contributed by atoms with Gasteiger partial charge in [0.25, 0.3) is 11.8 Å². The van der Waals surface area contributed by atoms with Gasteiger partial charge in [0.05, 0.1) is 6.61 Å². The van der Waals surface area contributed by atoms with Gasteiger partial charge < -0.3 is 9.47 Å². The first kappa shape index (κ1) is 19.0. The fourth-order valence-electron chi connectivity index (χ4n) is 2.43. The molecule has 3 rings (SSSR count). The first-order valence-electron chi connectivity index (χ1n) is 8.82. The van der Waals surface area contributed by atoms with Crippen LogP contribution in [0.4, 0.5) is 0 Å². The molecular weight excluding hydrogens is 356 g/mol. The normalized spacial score (nSPS) is 10.0. The Kier molecular flexibility index (Phi) is 6.25. The minimum atomic E-state index is -0.425. The molecule has 0 aliphatic rings. The SMILES string of the molecule is CCOc1ccc(C(=O)NNC(=O)c2ccc(Oc3ccccc3)cc2)cc1. The Labute approximate surface area is 163 Å². The number of hydrogen-bond acceptors (Lipinski definition) is 4. The van der Waals surface area contributed by atoms with Crippen LogP contribution in [0.25, 0.3) is 0 Å². The summed E-state index contributed by atoms with van der Waals surface area (Å²) in [6.45, 7) is 2.44. The van der Waals surface area contributed by atoms with Gasteiger partial charge in [-0.2, -0.15) is 0 Å². The van der Waals surface area contributed by atoms with Crippen LogP contribution >= 0.6 is 0 Å². The molecule has 0 spiro atoms. The van der Waals surface area contributed by atoms with Crippen molar-refractivity contribution in [1.82, 2.24) is 10.9 Å². The Morgan fingerprint density at radius 2 is 1.14 bits per heavy atom. The maximum atomic E-state index is 12.2. The summed E-state index contributed by atoms with van der Waals surface area (Å²) in [5, 5.41) is 0. The van der Waals surface area contributed by atoms with Gasteiger partial charge in [0.1, 0.15) is 17.2 Å². The van der Waals surface area contributed by atoms with Crippen LogP contribution in [-0.4, -0.2) is 18.4 Å². The van der Waals surface area contributed by atoms with Crippen LogP contribution in [0.15, 0.2) is 78.9 Å². The summed E-state index contributed by atoms with van der Waals surface area (Å²) in [7, 11) is 0. The van der Waals surface area contributed by atoms with E-state index in [-0.39, 0.29) is 0 Å². The van der Waals surface area contributed by atoms with Crippen molar-refractivity contribution < 1.29 is 19.1 Å². The van der Waals surface area contributed by atoms with Crippen LogP contribution in [0, 0.1) is 0 Å². The topological polar surface area (TPSA) is 76.7 Å². The Balaban J connectivity index is 1.53. The van der Waals surface area contributed by atoms with Crippen LogP contribution < -0.4 is 20.3 Å². The highest BCUT2D eigenvalue weighted by molar-refractivity contribution is 5.99. The third kappa shape index (κ3) is 5.11. The molecule has 0 unspecified atom stereocenters. The Morgan fingerprint density at radius 3 is 1.64 bits per heavy atom. The molecular formula is C22H20N2O4. The van der Waals surface area contributed by atoms with Gasteiger partial charge in [0, 0.05) is 11.1 Å². The van der Waals surface area contributed by atoms with E-state index in [1.807, 2.05) is 37.3 Å². The highest BCUT2D eigenvalue weighted by Gasteiger charge is 2.10. The molecule has 0 saturated carbocycles. The van der Waals surface area contributed by atoms with E-state index in [2.05, 4.69) is 10.9 Å². The maximum absolute atomic E-state index is 12.2. The molecule has 0 aliphatic carbocycles. The molecule has 0 fully saturated rings. The lowest BCUT2D eigenvalue weighted by Gasteiger charge is -2.09. The molecule has 0 aromatic heterocycles. The van der Waals surface area contributed by atoms with Crippen LogP contribution in [0.1, 0.15) is 27.6 Å². The van der Waals surface area contributed by atoms with Gasteiger partial charge >= 0.3 is 0 Å². The lowest BCUT2D eigenvalue weighted by molar-refractivity contribution is 0.0846. The number of amides is 2. The van der Waals surface area contributed by atoms with Gasteiger partial charge in [-0.15, -0.1) is 0 Å². The third-order valence-electron chi connectivity index (χ3n) is 3.81. The van der Waals surface area contributed by atoms with E-state index in [4.69, 9.17) is 9.47 Å². The second-order valence-electron chi connectivity index (χ2n) is 5.81. The molecule has 3 aromatic carbocycles. The van der Waals surface area contributed by atoms with Crippen molar-refractivity contribution in [3.05, 3.63) is 90.0 Å². The highest BCUT2D eigenvalue weighted by Crippen LogP contribution is 2.21. The number of nitrogens with one attached hydrogen (secondary N) is 2. The number of rotatable bonds is 6. The monoisotopic (exact) mass is 376 g/mol. The second kappa shape index (κ2) is 9.23. The number of carbonyl (C=O) groups is 2. The largest absolute Gasteiger partial charge is 0.494 e. The van der Waals surface area contributed by atoms with Gasteiger partial charge in [-0.1, -0.05) is 18.2 Å². The minimum Gasteiger partial charge on any atom is -0.494 e. The van der Waals surface area contributed by atoms with Crippen molar-refractivity contribution in [3.8, 4) is 17.2 Å². The number of para-hydroxylation sites is 1. The maximum Gasteiger partial charge on any atom is 0.269 e. The predicted molar refractivity (Wildman–Crippen MR) is 106 cm³/mol. The van der Waals surface area contributed by atoms with Gasteiger partial charge in [0.2, 0.25) is 0 Å². The molecule has 28 heavy (non-hydrogen) atoms. The number of carbonyl (C=O) groups excluding carboxylic acids is 2. The lowest BCUT2D eigenvalue weighted by atomic mass is 10.2. The fraction of sp³-hybridized carbons (Fsp3) is 0.0909. The smallest absolute Gasteiger partial charge is 0.269 e. The molecule has 6 nitrogen and oxygen atoms in total. The van der Waals surface area contributed by atoms with E-state index in [0.717, 1.165) is 0 Å². The Bertz CT molecular complexity index is 923. The van der Waals surface area contributed by atoms with Crippen molar-refractivity contribution >= 4 is 11.8 Å². The first-order valence-corrected chi connectivity index (χ1v) is 8.82. The quantitative estimate of drug-likeness (QED) is 0.639. The molecule has 0 aliphatic heterocycles. The van der Waals surface area contributed by atoms with Crippen LogP contribution in [-0.2, 0) is 0 Å². The van der Waals surface area contributed by atoms with Gasteiger partial charge in [-0.05, 0) is 67.6 Å². The standard InChI is InChI=1S/C22H20N2O4/c1-2-27-18-12-8-16(9-13-18)21(25)23-24-22(26)17-10-14-20(15-11-17)28-19-6-4-3-5-7-19/h3-15H,2H2,1H3,(H,23,25)(H,24,26). The van der Waals surface area contributed by atoms with E-state index in [0.29, 0.717) is 35.0 Å². The summed E-state index contributed by atoms with van der Waals surface area (Å²) in [4.78, 5) is 24.3. The van der Waals surface area contributed by atoms with E-state index in [1.165, 1.54) is 0 Å². The molecule has 0 radical (unpaired) electrons. The molecule has 6 heteroatoms. The summed E-state index contributed by atoms with van der Waals surface area (Å²) in [5.74, 6) is 1.16. The average Bonchev–Trinajstić information content (AvgIpc) is 2.74. The fourth-order valence-corrected chi connectivity index (χ4v) is 2.43. The summed E-state index contributed by atoms with van der Waals surface area (Å²) in [6, 6.07) is 22.6. The zero-order valence-corrected chi connectivity index (χ0v) is 15.3. The number of benzene rings is 3. The molecule has 2 N–H and O–H groups in total. The zero-order valence-electron chi connectivity index (χ0n) is 15.3. The van der Waals surface area contributed by atoms with Crippen molar-refractivity contribution in [2.24, 2.45) is 0 Å². The van der Waals surface area contributed by atoms with E-state index >= 15 is 0 Å². The van der Waals surface area contributed by atoms with Crippen molar-refractivity contribution in [2.45, 2.75) is 6.92 Å². The van der Waals surface area contributed by atoms with Crippen molar-refractivity contribution in [1.29, 1.82) is 0 Å². The molecule has 2 amide bonds. The predicted octanol–water partition coefficient (Wildman–Crippen LogP) is 3.95. The van der Waals surface area contributed by atoms with Crippen LogP contribution in [0.5, 0.6) is 17.2 Å². The van der Waals surface area contributed by atoms with E-state index in [1.54, 1.807) is 48.5 Å².